The maximum Gasteiger partial charge on any atom is 0.336 e. The minimum absolute atomic E-state index is 0.0437. The van der Waals surface area contributed by atoms with Crippen molar-refractivity contribution in [1.29, 1.82) is 0 Å². The topological polar surface area (TPSA) is 135 Å². The highest BCUT2D eigenvalue weighted by Gasteiger charge is 2.23. The minimum Gasteiger partial charge on any atom is -0.508 e. The van der Waals surface area contributed by atoms with Crippen molar-refractivity contribution in [3.8, 4) is 28.2 Å². The van der Waals surface area contributed by atoms with Gasteiger partial charge in [0.1, 0.15) is 23.7 Å². The molecule has 2 aliphatic carbocycles. The van der Waals surface area contributed by atoms with E-state index in [-0.39, 0.29) is 46.8 Å². The van der Waals surface area contributed by atoms with E-state index in [1.807, 2.05) is 6.08 Å². The van der Waals surface area contributed by atoms with Crippen LogP contribution >= 0.6 is 11.6 Å². The van der Waals surface area contributed by atoms with Crippen molar-refractivity contribution < 1.29 is 33.7 Å². The summed E-state index contributed by atoms with van der Waals surface area (Å²) in [6.07, 6.45) is 6.68. The Morgan fingerprint density at radius 1 is 0.953 bits per heavy atom. The van der Waals surface area contributed by atoms with Gasteiger partial charge in [-0.1, -0.05) is 17.7 Å². The predicted molar refractivity (Wildman–Crippen MR) is 163 cm³/mol. The zero-order chi connectivity index (χ0) is 30.3. The van der Waals surface area contributed by atoms with Crippen molar-refractivity contribution in [2.75, 3.05) is 32.2 Å². The number of fused-ring (bicyclic) bond motifs is 2. The summed E-state index contributed by atoms with van der Waals surface area (Å²) in [5.74, 6) is 0.0501. The molecule has 3 aliphatic rings. The SMILES string of the molecule is O=C(NCCOCCOC1=CC=C(CCCl)CC1)c1ccc(-c2c3ccc(=O)cc-3oc3cc(O)ccc23)c(C(=O)O)c1. The van der Waals surface area contributed by atoms with E-state index in [4.69, 9.17) is 25.5 Å². The fraction of sp³-hybridized carbons (Fsp3) is 0.242. The van der Waals surface area contributed by atoms with Gasteiger partial charge in [-0.3, -0.25) is 9.59 Å². The molecule has 0 saturated heterocycles. The highest BCUT2D eigenvalue weighted by atomic mass is 35.5. The third-order valence-electron chi connectivity index (χ3n) is 7.12. The number of carbonyl (C=O) groups excluding carboxylic acids is 1. The van der Waals surface area contributed by atoms with Crippen LogP contribution in [0, 0.1) is 0 Å². The lowest BCUT2D eigenvalue weighted by atomic mass is 9.90. The number of ether oxygens (including phenoxy) is 2. The van der Waals surface area contributed by atoms with Gasteiger partial charge in [0.05, 0.1) is 24.5 Å². The molecule has 222 valence electrons. The van der Waals surface area contributed by atoms with Gasteiger partial charge in [0.2, 0.25) is 0 Å². The molecule has 0 radical (unpaired) electrons. The van der Waals surface area contributed by atoms with Crippen LogP contribution in [0.15, 0.2) is 87.3 Å². The predicted octanol–water partition coefficient (Wildman–Crippen LogP) is 5.96. The molecule has 0 unspecified atom stereocenters. The van der Waals surface area contributed by atoms with E-state index in [9.17, 15) is 24.6 Å². The van der Waals surface area contributed by atoms with E-state index in [2.05, 4.69) is 11.4 Å². The van der Waals surface area contributed by atoms with Gasteiger partial charge in [-0.15, -0.1) is 11.6 Å². The summed E-state index contributed by atoms with van der Waals surface area (Å²) in [6, 6.07) is 13.2. The second kappa shape index (κ2) is 13.6. The molecule has 1 aliphatic heterocycles. The van der Waals surface area contributed by atoms with E-state index >= 15 is 0 Å². The molecule has 1 amide bonds. The molecular formula is C33H30ClNO8. The quantitative estimate of drug-likeness (QED) is 0.102. The normalized spacial score (nSPS) is 13.0. The summed E-state index contributed by atoms with van der Waals surface area (Å²) < 4.78 is 17.2. The molecule has 0 fully saturated rings. The Morgan fingerprint density at radius 2 is 1.79 bits per heavy atom. The zero-order valence-corrected chi connectivity index (χ0v) is 24.0. The van der Waals surface area contributed by atoms with E-state index in [1.54, 1.807) is 24.3 Å². The zero-order valence-electron chi connectivity index (χ0n) is 23.2. The van der Waals surface area contributed by atoms with Gasteiger partial charge in [-0.25, -0.2) is 4.79 Å². The largest absolute Gasteiger partial charge is 0.508 e. The van der Waals surface area contributed by atoms with Gasteiger partial charge in [-0.05, 0) is 60.9 Å². The molecule has 0 atom stereocenters. The smallest absolute Gasteiger partial charge is 0.336 e. The van der Waals surface area contributed by atoms with Crippen LogP contribution in [0.25, 0.3) is 33.4 Å². The van der Waals surface area contributed by atoms with Gasteiger partial charge < -0.3 is 29.4 Å². The van der Waals surface area contributed by atoms with Crippen molar-refractivity contribution in [3.05, 3.63) is 99.4 Å². The Kier molecular flexibility index (Phi) is 9.44. The lowest BCUT2D eigenvalue weighted by Crippen LogP contribution is -2.28. The number of nitrogens with one attached hydrogen (secondary N) is 1. The molecule has 43 heavy (non-hydrogen) atoms. The van der Waals surface area contributed by atoms with Crippen LogP contribution in [0.4, 0.5) is 0 Å². The number of hydrogen-bond acceptors (Lipinski definition) is 7. The van der Waals surface area contributed by atoms with E-state index in [0.717, 1.165) is 25.0 Å². The Balaban J connectivity index is 1.25. The third-order valence-corrected chi connectivity index (χ3v) is 7.31. The molecule has 3 N–H and O–H groups in total. The third kappa shape index (κ3) is 7.07. The number of aromatic carboxylic acids is 1. The number of benzene rings is 3. The van der Waals surface area contributed by atoms with E-state index in [1.165, 1.54) is 35.9 Å². The molecule has 0 aromatic heterocycles. The average Bonchev–Trinajstić information content (AvgIpc) is 2.99. The number of carboxylic acids is 1. The lowest BCUT2D eigenvalue weighted by molar-refractivity contribution is 0.0697. The van der Waals surface area contributed by atoms with E-state index < -0.39 is 11.9 Å². The number of hydrogen-bond donors (Lipinski definition) is 3. The highest BCUT2D eigenvalue weighted by molar-refractivity contribution is 6.18. The molecule has 2 aromatic rings. The maximum absolute atomic E-state index is 12.9. The molecule has 0 spiro atoms. The lowest BCUT2D eigenvalue weighted by Gasteiger charge is -2.17. The van der Waals surface area contributed by atoms with Crippen molar-refractivity contribution in [1.82, 2.24) is 5.32 Å². The average molecular weight is 604 g/mol. The Morgan fingerprint density at radius 3 is 2.56 bits per heavy atom. The van der Waals surface area contributed by atoms with Gasteiger partial charge in [0, 0.05) is 53.1 Å². The summed E-state index contributed by atoms with van der Waals surface area (Å²) in [6.45, 7) is 1.25. The van der Waals surface area contributed by atoms with Crippen LogP contribution in [-0.4, -0.2) is 54.3 Å². The second-order valence-corrected chi connectivity index (χ2v) is 10.4. The number of alkyl halides is 1. The number of rotatable bonds is 12. The maximum atomic E-state index is 12.9. The molecule has 9 nitrogen and oxygen atoms in total. The number of aromatic hydroxyl groups is 1. The van der Waals surface area contributed by atoms with Crippen LogP contribution in [0.5, 0.6) is 5.75 Å². The first-order valence-corrected chi connectivity index (χ1v) is 14.4. The summed E-state index contributed by atoms with van der Waals surface area (Å²) in [4.78, 5) is 37.2. The second-order valence-electron chi connectivity index (χ2n) is 9.99. The number of phenols is 1. The Bertz CT molecular complexity index is 1760. The Hall–Kier alpha value is -4.60. The number of amides is 1. The standard InChI is InChI=1S/C33H30ClNO8/c34-12-11-20-1-6-24(7-2-20)42-16-15-41-14-13-35-32(38)21-3-8-25(28(17-21)33(39)40)31-26-9-4-22(36)18-29(26)43-30-19-23(37)5-10-27(30)31/h1,3-6,8-10,17-19,36H,2,7,11-16H2,(H,35,38)(H,39,40). The Labute approximate surface area is 252 Å². The molecular weight excluding hydrogens is 574 g/mol. The van der Waals surface area contributed by atoms with Gasteiger partial charge in [-0.2, -0.15) is 0 Å². The van der Waals surface area contributed by atoms with Crippen LogP contribution < -0.4 is 10.7 Å². The van der Waals surface area contributed by atoms with Crippen molar-refractivity contribution in [2.45, 2.75) is 19.3 Å². The van der Waals surface area contributed by atoms with E-state index in [0.29, 0.717) is 41.2 Å². The van der Waals surface area contributed by atoms with Crippen LogP contribution in [0.1, 0.15) is 40.0 Å². The number of carbonyl (C=O) groups is 2. The van der Waals surface area contributed by atoms with Crippen LogP contribution in [0.3, 0.4) is 0 Å². The summed E-state index contributed by atoms with van der Waals surface area (Å²) in [7, 11) is 0. The summed E-state index contributed by atoms with van der Waals surface area (Å²) in [5, 5.41) is 23.4. The molecule has 0 saturated carbocycles. The summed E-state index contributed by atoms with van der Waals surface area (Å²) >= 11 is 5.78. The van der Waals surface area contributed by atoms with Crippen molar-refractivity contribution in [3.63, 3.8) is 0 Å². The van der Waals surface area contributed by atoms with Gasteiger partial charge >= 0.3 is 5.97 Å². The molecule has 1 heterocycles. The highest BCUT2D eigenvalue weighted by Crippen LogP contribution is 2.42. The minimum atomic E-state index is -1.23. The monoisotopic (exact) mass is 603 g/mol. The van der Waals surface area contributed by atoms with Crippen LogP contribution in [0.2, 0.25) is 0 Å². The number of carboxylic acid groups (broad SMARTS) is 1. The molecule has 0 bridgehead atoms. The molecule has 5 rings (SSSR count). The molecule has 2 aromatic carbocycles. The van der Waals surface area contributed by atoms with Gasteiger partial charge in [0.15, 0.2) is 5.43 Å². The van der Waals surface area contributed by atoms with Crippen molar-refractivity contribution >= 4 is 34.4 Å². The first-order valence-electron chi connectivity index (χ1n) is 13.8. The fourth-order valence-electron chi connectivity index (χ4n) is 5.01. The summed E-state index contributed by atoms with van der Waals surface area (Å²) in [5.41, 5.74) is 2.75. The first kappa shape index (κ1) is 29.9. The number of allylic oxidation sites excluding steroid dienone is 4. The fourth-order valence-corrected chi connectivity index (χ4v) is 5.26. The van der Waals surface area contributed by atoms with Crippen LogP contribution in [-0.2, 0) is 9.47 Å². The first-order chi connectivity index (χ1) is 20.8. The molecule has 10 heteroatoms. The number of halogens is 1. The van der Waals surface area contributed by atoms with Gasteiger partial charge in [0.25, 0.3) is 5.91 Å². The van der Waals surface area contributed by atoms with Crippen molar-refractivity contribution in [2.24, 2.45) is 0 Å². The number of phenolic OH excluding ortho intramolecular Hbond substituents is 1.